The van der Waals surface area contributed by atoms with Crippen LogP contribution in [0.15, 0.2) is 121 Å². The molecule has 0 atom stereocenters. The molecule has 0 unspecified atom stereocenters. The van der Waals surface area contributed by atoms with E-state index in [2.05, 4.69) is 41.0 Å². The van der Waals surface area contributed by atoms with Crippen molar-refractivity contribution in [2.75, 3.05) is 0 Å². The van der Waals surface area contributed by atoms with Crippen LogP contribution in [0.3, 0.4) is 0 Å². The quantitative estimate of drug-likeness (QED) is 0.263. The molecule has 0 spiro atoms. The van der Waals surface area contributed by atoms with Gasteiger partial charge >= 0.3 is 0 Å². The Morgan fingerprint density at radius 1 is 0.562 bits per heavy atom. The lowest BCUT2D eigenvalue weighted by Gasteiger charge is -2.10. The molecule has 1 nitrogen and oxygen atoms in total. The van der Waals surface area contributed by atoms with Crippen molar-refractivity contribution < 1.29 is 4.11 Å². The number of para-hydroxylation sites is 1. The molecular weight excluding hydrogens is 410 g/mol. The highest BCUT2D eigenvalue weighted by Gasteiger charge is 2.13. The summed E-state index contributed by atoms with van der Waals surface area (Å²) in [5, 5.41) is 2.49. The van der Waals surface area contributed by atoms with Crippen molar-refractivity contribution >= 4 is 33.4 Å². The lowest BCUT2D eigenvalue weighted by Crippen LogP contribution is -1.93. The highest BCUT2D eigenvalue weighted by Crippen LogP contribution is 2.35. The van der Waals surface area contributed by atoms with E-state index < -0.39 is 0 Å². The summed E-state index contributed by atoms with van der Waals surface area (Å²) in [4.78, 5) is 0. The SMILES string of the molecule is [2H]c1cc2c3cc(-c4ccc(Cl)cc4)c([2H])cc3n(-c3ccc(-c4ccccc4)cc3)c2cc1[2H]. The Bertz CT molecular complexity index is 1700. The molecular formula is C30H20ClN. The molecule has 0 saturated carbocycles. The van der Waals surface area contributed by atoms with Crippen molar-refractivity contribution in [3.05, 3.63) is 126 Å². The second-order valence-electron chi connectivity index (χ2n) is 7.78. The number of hydrogen-bond donors (Lipinski definition) is 0. The number of aromatic nitrogens is 1. The highest BCUT2D eigenvalue weighted by molar-refractivity contribution is 6.30. The molecule has 152 valence electrons. The second kappa shape index (κ2) is 7.71. The van der Waals surface area contributed by atoms with E-state index in [9.17, 15) is 0 Å². The summed E-state index contributed by atoms with van der Waals surface area (Å²) in [6.45, 7) is 0. The minimum absolute atomic E-state index is 0.173. The summed E-state index contributed by atoms with van der Waals surface area (Å²) in [7, 11) is 0. The van der Waals surface area contributed by atoms with Gasteiger partial charge in [-0.3, -0.25) is 0 Å². The summed E-state index contributed by atoms with van der Waals surface area (Å²) >= 11 is 6.08. The average Bonchev–Trinajstić information content (AvgIpc) is 3.17. The predicted octanol–water partition coefficient (Wildman–Crippen LogP) is 8.77. The third-order valence-electron chi connectivity index (χ3n) is 5.87. The molecule has 0 radical (unpaired) electrons. The molecule has 0 aliphatic heterocycles. The van der Waals surface area contributed by atoms with Crippen LogP contribution >= 0.6 is 11.6 Å². The van der Waals surface area contributed by atoms with Crippen LogP contribution in [0.1, 0.15) is 4.11 Å². The second-order valence-corrected chi connectivity index (χ2v) is 8.21. The predicted molar refractivity (Wildman–Crippen MR) is 137 cm³/mol. The molecule has 1 aromatic heterocycles. The van der Waals surface area contributed by atoms with E-state index in [1.165, 1.54) is 0 Å². The zero-order valence-corrected chi connectivity index (χ0v) is 17.9. The molecule has 2 heteroatoms. The Morgan fingerprint density at radius 3 is 1.97 bits per heavy atom. The van der Waals surface area contributed by atoms with Crippen LogP contribution in [0.5, 0.6) is 0 Å². The normalized spacial score (nSPS) is 12.6. The van der Waals surface area contributed by atoms with Crippen LogP contribution in [0.25, 0.3) is 49.7 Å². The van der Waals surface area contributed by atoms with Crippen LogP contribution in [0.2, 0.25) is 5.02 Å². The zero-order valence-electron chi connectivity index (χ0n) is 20.1. The van der Waals surface area contributed by atoms with Gasteiger partial charge in [0.2, 0.25) is 0 Å². The van der Waals surface area contributed by atoms with E-state index in [4.69, 9.17) is 15.7 Å². The first-order chi connectivity index (χ1) is 17.0. The molecule has 0 bridgehead atoms. The van der Waals surface area contributed by atoms with Gasteiger partial charge in [-0.15, -0.1) is 0 Å². The largest absolute Gasteiger partial charge is 0.309 e. The minimum atomic E-state index is 0.173. The molecule has 5 aromatic carbocycles. The van der Waals surface area contributed by atoms with Crippen LogP contribution in [-0.4, -0.2) is 4.57 Å². The third kappa shape index (κ3) is 3.19. The van der Waals surface area contributed by atoms with Gasteiger partial charge in [0, 0.05) is 21.5 Å². The molecule has 0 saturated heterocycles. The molecule has 0 N–H and O–H groups in total. The zero-order chi connectivity index (χ0) is 24.1. The van der Waals surface area contributed by atoms with Gasteiger partial charge in [0.25, 0.3) is 0 Å². The molecule has 1 heterocycles. The maximum Gasteiger partial charge on any atom is 0.0630 e. The maximum absolute atomic E-state index is 8.79. The first kappa shape index (κ1) is 15.9. The number of hydrogen-bond acceptors (Lipinski definition) is 0. The van der Waals surface area contributed by atoms with Crippen molar-refractivity contribution in [2.45, 2.75) is 0 Å². The topological polar surface area (TPSA) is 4.93 Å². The number of nitrogens with zero attached hydrogens (tertiary/aromatic N) is 1. The van der Waals surface area contributed by atoms with E-state index in [-0.39, 0.29) is 12.1 Å². The van der Waals surface area contributed by atoms with Gasteiger partial charge in [-0.1, -0.05) is 90.4 Å². The molecule has 0 aliphatic carbocycles. The smallest absolute Gasteiger partial charge is 0.0630 e. The lowest BCUT2D eigenvalue weighted by atomic mass is 10.0. The van der Waals surface area contributed by atoms with Gasteiger partial charge in [0.05, 0.1) is 15.1 Å². The van der Waals surface area contributed by atoms with Crippen molar-refractivity contribution in [2.24, 2.45) is 0 Å². The first-order valence-electron chi connectivity index (χ1n) is 12.0. The number of rotatable bonds is 3. The van der Waals surface area contributed by atoms with Crippen LogP contribution < -0.4 is 0 Å². The maximum atomic E-state index is 8.79. The number of fused-ring (bicyclic) bond motifs is 3. The van der Waals surface area contributed by atoms with Gasteiger partial charge in [-0.05, 0) is 64.7 Å². The molecule has 0 fully saturated rings. The van der Waals surface area contributed by atoms with Crippen molar-refractivity contribution in [3.63, 3.8) is 0 Å². The van der Waals surface area contributed by atoms with E-state index in [0.29, 0.717) is 11.1 Å². The van der Waals surface area contributed by atoms with Crippen molar-refractivity contribution in [1.82, 2.24) is 4.57 Å². The Hall–Kier alpha value is -3.81. The highest BCUT2D eigenvalue weighted by atomic mass is 35.5. The Kier molecular flexibility index (Phi) is 3.83. The molecule has 0 aliphatic rings. The van der Waals surface area contributed by atoms with E-state index in [0.717, 1.165) is 49.7 Å². The average molecular weight is 433 g/mol. The number of benzene rings is 5. The van der Waals surface area contributed by atoms with Crippen molar-refractivity contribution in [1.29, 1.82) is 0 Å². The van der Waals surface area contributed by atoms with Crippen LogP contribution in [-0.2, 0) is 0 Å². The standard InChI is InChI=1S/C30H20ClN/c31-25-15-10-23(11-16-25)24-14-19-30-28(20-24)27-8-4-5-9-29(27)32(30)26-17-12-22(13-18-26)21-6-2-1-3-7-21/h1-20H/i4D,5D,14D. The minimum Gasteiger partial charge on any atom is -0.309 e. The summed E-state index contributed by atoms with van der Waals surface area (Å²) in [5.41, 5.74) is 6.65. The van der Waals surface area contributed by atoms with Gasteiger partial charge in [0.15, 0.2) is 0 Å². The van der Waals surface area contributed by atoms with E-state index in [1.54, 1.807) is 12.1 Å². The van der Waals surface area contributed by atoms with Crippen LogP contribution in [0.4, 0.5) is 0 Å². The fraction of sp³-hybridized carbons (Fsp3) is 0. The third-order valence-corrected chi connectivity index (χ3v) is 6.13. The lowest BCUT2D eigenvalue weighted by molar-refractivity contribution is 1.18. The summed E-state index contributed by atoms with van der Waals surface area (Å²) < 4.78 is 27.4. The van der Waals surface area contributed by atoms with Gasteiger partial charge in [-0.25, -0.2) is 0 Å². The molecule has 32 heavy (non-hydrogen) atoms. The fourth-order valence-corrected chi connectivity index (χ4v) is 4.42. The van der Waals surface area contributed by atoms with Gasteiger partial charge in [-0.2, -0.15) is 0 Å². The summed E-state index contributed by atoms with van der Waals surface area (Å²) in [6.07, 6.45) is 0. The molecule has 6 rings (SSSR count). The number of halogens is 1. The molecule has 0 amide bonds. The Balaban J connectivity index is 1.60. The Labute approximate surface area is 196 Å². The summed E-state index contributed by atoms with van der Waals surface area (Å²) in [6, 6.07) is 34.2. The van der Waals surface area contributed by atoms with Crippen LogP contribution in [0, 0.1) is 0 Å². The monoisotopic (exact) mass is 432 g/mol. The van der Waals surface area contributed by atoms with Gasteiger partial charge in [0.1, 0.15) is 0 Å². The molecule has 6 aromatic rings. The Morgan fingerprint density at radius 2 is 1.19 bits per heavy atom. The van der Waals surface area contributed by atoms with Crippen molar-refractivity contribution in [3.8, 4) is 27.9 Å². The van der Waals surface area contributed by atoms with E-state index in [1.807, 2.05) is 54.6 Å². The first-order valence-corrected chi connectivity index (χ1v) is 10.9. The summed E-state index contributed by atoms with van der Waals surface area (Å²) in [5.74, 6) is 0. The van der Waals surface area contributed by atoms with Gasteiger partial charge < -0.3 is 4.57 Å². The van der Waals surface area contributed by atoms with E-state index >= 15 is 0 Å². The fourth-order valence-electron chi connectivity index (χ4n) is 4.30.